The van der Waals surface area contributed by atoms with E-state index in [1.807, 2.05) is 36.4 Å². The summed E-state index contributed by atoms with van der Waals surface area (Å²) < 4.78 is 5.38. The molecule has 1 N–H and O–H groups in total. The molecule has 2 heterocycles. The summed E-state index contributed by atoms with van der Waals surface area (Å²) in [6.07, 6.45) is 1.19. The maximum atomic E-state index is 10.7. The van der Waals surface area contributed by atoms with Crippen LogP contribution in [0.15, 0.2) is 40.9 Å². The number of nitrogens with zero attached hydrogens (tertiary/aromatic N) is 2. The number of benzene rings is 1. The first-order chi connectivity index (χ1) is 10.2. The minimum Gasteiger partial charge on any atom is -0.481 e. The van der Waals surface area contributed by atoms with Crippen LogP contribution in [0.1, 0.15) is 18.5 Å². The molecule has 0 radical (unpaired) electrons. The number of hydrogen-bond acceptors (Lipinski definition) is 4. The van der Waals surface area contributed by atoms with Crippen molar-refractivity contribution in [3.63, 3.8) is 0 Å². The average molecular weight is 286 g/mol. The van der Waals surface area contributed by atoms with Crippen molar-refractivity contribution in [1.82, 2.24) is 10.1 Å². The van der Waals surface area contributed by atoms with Gasteiger partial charge in [-0.1, -0.05) is 35.5 Å². The van der Waals surface area contributed by atoms with Gasteiger partial charge in [0.05, 0.1) is 5.69 Å². The van der Waals surface area contributed by atoms with Gasteiger partial charge in [-0.25, -0.2) is 0 Å². The first kappa shape index (κ1) is 13.8. The zero-order chi connectivity index (χ0) is 14.7. The summed E-state index contributed by atoms with van der Waals surface area (Å²) in [6, 6.07) is 11.8. The molecule has 0 spiro atoms. The van der Waals surface area contributed by atoms with Gasteiger partial charge in [0, 0.05) is 31.1 Å². The van der Waals surface area contributed by atoms with E-state index in [1.54, 1.807) is 0 Å². The van der Waals surface area contributed by atoms with Crippen molar-refractivity contribution >= 4 is 5.97 Å². The Morgan fingerprint density at radius 3 is 2.95 bits per heavy atom. The molecule has 0 aliphatic carbocycles. The lowest BCUT2D eigenvalue weighted by molar-refractivity contribution is -0.138. The molecule has 3 rings (SSSR count). The van der Waals surface area contributed by atoms with E-state index < -0.39 is 5.97 Å². The second-order valence-electron chi connectivity index (χ2n) is 5.54. The Kier molecular flexibility index (Phi) is 4.01. The summed E-state index contributed by atoms with van der Waals surface area (Å²) in [5.74, 6) is 0.310. The fourth-order valence-electron chi connectivity index (χ4n) is 2.82. The second kappa shape index (κ2) is 6.10. The van der Waals surface area contributed by atoms with Gasteiger partial charge in [-0.05, 0) is 18.9 Å². The van der Waals surface area contributed by atoms with Gasteiger partial charge in [-0.3, -0.25) is 9.69 Å². The molecule has 1 aliphatic heterocycles. The summed E-state index contributed by atoms with van der Waals surface area (Å²) in [7, 11) is 0. The molecule has 1 aliphatic rings. The highest BCUT2D eigenvalue weighted by molar-refractivity contribution is 5.67. The lowest BCUT2D eigenvalue weighted by Crippen LogP contribution is -2.21. The highest BCUT2D eigenvalue weighted by Gasteiger charge is 2.25. The van der Waals surface area contributed by atoms with Crippen molar-refractivity contribution in [2.45, 2.75) is 19.4 Å². The smallest absolute Gasteiger partial charge is 0.303 e. The first-order valence-corrected chi connectivity index (χ1v) is 7.16. The lowest BCUT2D eigenvalue weighted by Gasteiger charge is -2.13. The molecular formula is C16H18N2O3. The first-order valence-electron chi connectivity index (χ1n) is 7.16. The van der Waals surface area contributed by atoms with Gasteiger partial charge in [0.2, 0.25) is 0 Å². The van der Waals surface area contributed by atoms with Crippen molar-refractivity contribution < 1.29 is 14.4 Å². The maximum absolute atomic E-state index is 10.7. The third kappa shape index (κ3) is 3.49. The fourth-order valence-corrected chi connectivity index (χ4v) is 2.82. The zero-order valence-electron chi connectivity index (χ0n) is 11.7. The third-order valence-electron chi connectivity index (χ3n) is 3.84. The molecule has 5 nitrogen and oxygen atoms in total. The molecule has 0 bridgehead atoms. The number of aromatic nitrogens is 1. The molecule has 1 unspecified atom stereocenters. The summed E-state index contributed by atoms with van der Waals surface area (Å²) in [4.78, 5) is 13.0. The fraction of sp³-hybridized carbons (Fsp3) is 0.375. The molecule has 1 atom stereocenters. The van der Waals surface area contributed by atoms with Crippen molar-refractivity contribution in [2.24, 2.45) is 5.92 Å². The minimum absolute atomic E-state index is 0.253. The Morgan fingerprint density at radius 1 is 1.38 bits per heavy atom. The second-order valence-corrected chi connectivity index (χ2v) is 5.54. The van der Waals surface area contributed by atoms with Crippen LogP contribution in [0.25, 0.3) is 11.3 Å². The summed E-state index contributed by atoms with van der Waals surface area (Å²) in [5, 5.41) is 12.9. The highest BCUT2D eigenvalue weighted by atomic mass is 16.5. The molecule has 21 heavy (non-hydrogen) atoms. The molecule has 0 amide bonds. The monoisotopic (exact) mass is 286 g/mol. The van der Waals surface area contributed by atoms with E-state index in [4.69, 9.17) is 9.63 Å². The van der Waals surface area contributed by atoms with Crippen LogP contribution in [0, 0.1) is 5.92 Å². The summed E-state index contributed by atoms with van der Waals surface area (Å²) in [5.41, 5.74) is 1.91. The van der Waals surface area contributed by atoms with Crippen LogP contribution in [0.3, 0.4) is 0 Å². The van der Waals surface area contributed by atoms with E-state index in [2.05, 4.69) is 10.1 Å². The van der Waals surface area contributed by atoms with E-state index >= 15 is 0 Å². The number of hydrogen-bond donors (Lipinski definition) is 1. The average Bonchev–Trinajstić information content (AvgIpc) is 3.09. The van der Waals surface area contributed by atoms with Crippen LogP contribution >= 0.6 is 0 Å². The lowest BCUT2D eigenvalue weighted by atomic mass is 10.1. The SMILES string of the molecule is O=C(O)CC1CCN(Cc2cc(-c3ccccc3)on2)C1. The summed E-state index contributed by atoms with van der Waals surface area (Å²) in [6.45, 7) is 2.46. The van der Waals surface area contributed by atoms with Crippen LogP contribution in [-0.2, 0) is 11.3 Å². The molecule has 1 aromatic heterocycles. The van der Waals surface area contributed by atoms with Gasteiger partial charge in [0.25, 0.3) is 0 Å². The minimum atomic E-state index is -0.713. The Balaban J connectivity index is 1.60. The number of rotatable bonds is 5. The number of carboxylic acids is 1. The predicted molar refractivity (Wildman–Crippen MR) is 77.6 cm³/mol. The van der Waals surface area contributed by atoms with E-state index in [9.17, 15) is 4.79 Å². The Bertz CT molecular complexity index is 609. The van der Waals surface area contributed by atoms with Gasteiger partial charge in [0.1, 0.15) is 0 Å². The van der Waals surface area contributed by atoms with Crippen LogP contribution in [-0.4, -0.2) is 34.2 Å². The number of carboxylic acid groups (broad SMARTS) is 1. The van der Waals surface area contributed by atoms with Crippen molar-refractivity contribution in [1.29, 1.82) is 0 Å². The maximum Gasteiger partial charge on any atom is 0.303 e. The molecule has 2 aromatic rings. The summed E-state index contributed by atoms with van der Waals surface area (Å²) >= 11 is 0. The van der Waals surface area contributed by atoms with E-state index in [1.165, 1.54) is 0 Å². The number of aliphatic carboxylic acids is 1. The van der Waals surface area contributed by atoms with Crippen molar-refractivity contribution in [3.05, 3.63) is 42.1 Å². The van der Waals surface area contributed by atoms with Gasteiger partial charge in [0.15, 0.2) is 5.76 Å². The normalized spacial score (nSPS) is 19.0. The van der Waals surface area contributed by atoms with Gasteiger partial charge in [-0.15, -0.1) is 0 Å². The van der Waals surface area contributed by atoms with Crippen LogP contribution in [0.2, 0.25) is 0 Å². The molecule has 110 valence electrons. The Morgan fingerprint density at radius 2 is 2.19 bits per heavy atom. The molecule has 1 aromatic carbocycles. The van der Waals surface area contributed by atoms with Gasteiger partial charge < -0.3 is 9.63 Å². The highest BCUT2D eigenvalue weighted by Crippen LogP contribution is 2.24. The molecule has 5 heteroatoms. The molecule has 1 fully saturated rings. The largest absolute Gasteiger partial charge is 0.481 e. The predicted octanol–water partition coefficient (Wildman–Crippen LogP) is 2.64. The number of carbonyl (C=O) groups is 1. The molecular weight excluding hydrogens is 268 g/mol. The standard InChI is InChI=1S/C16H18N2O3/c19-16(20)8-12-6-7-18(10-12)11-14-9-15(21-17-14)13-4-2-1-3-5-13/h1-5,9,12H,6-8,10-11H2,(H,19,20). The van der Waals surface area contributed by atoms with Crippen molar-refractivity contribution in [2.75, 3.05) is 13.1 Å². The molecule has 0 saturated carbocycles. The van der Waals surface area contributed by atoms with E-state index in [0.29, 0.717) is 6.54 Å². The molecule has 1 saturated heterocycles. The van der Waals surface area contributed by atoms with Crippen LogP contribution < -0.4 is 0 Å². The quantitative estimate of drug-likeness (QED) is 0.915. The van der Waals surface area contributed by atoms with Gasteiger partial charge >= 0.3 is 5.97 Å². The van der Waals surface area contributed by atoms with E-state index in [-0.39, 0.29) is 12.3 Å². The van der Waals surface area contributed by atoms with Crippen molar-refractivity contribution in [3.8, 4) is 11.3 Å². The third-order valence-corrected chi connectivity index (χ3v) is 3.84. The van der Waals surface area contributed by atoms with Crippen LogP contribution in [0.4, 0.5) is 0 Å². The Hall–Kier alpha value is -2.14. The Labute approximate surface area is 123 Å². The topological polar surface area (TPSA) is 66.6 Å². The van der Waals surface area contributed by atoms with E-state index in [0.717, 1.165) is 36.5 Å². The van der Waals surface area contributed by atoms with Gasteiger partial charge in [-0.2, -0.15) is 0 Å². The zero-order valence-corrected chi connectivity index (χ0v) is 11.7. The van der Waals surface area contributed by atoms with Crippen LogP contribution in [0.5, 0.6) is 0 Å². The number of likely N-dealkylation sites (tertiary alicyclic amines) is 1.